The Kier molecular flexibility index (Phi) is 4.91. The van der Waals surface area contributed by atoms with Gasteiger partial charge in [0.15, 0.2) is 0 Å². The van der Waals surface area contributed by atoms with Gasteiger partial charge in [-0.3, -0.25) is 0 Å². The van der Waals surface area contributed by atoms with E-state index in [2.05, 4.69) is 11.4 Å². The molecule has 3 nitrogen and oxygen atoms in total. The fraction of sp³-hybridized carbons (Fsp3) is 0.333. The third kappa shape index (κ3) is 2.92. The van der Waals surface area contributed by atoms with Crippen molar-refractivity contribution in [1.82, 2.24) is 5.32 Å². The second-order valence-corrected chi connectivity index (χ2v) is 6.12. The molecule has 1 unspecified atom stereocenters. The summed E-state index contributed by atoms with van der Waals surface area (Å²) in [5.74, 6) is 1.63. The number of ether oxygens (including phenoxy) is 2. The van der Waals surface area contributed by atoms with E-state index in [0.29, 0.717) is 0 Å². The minimum absolute atomic E-state index is 0.0243. The van der Waals surface area contributed by atoms with E-state index >= 15 is 0 Å². The van der Waals surface area contributed by atoms with Crippen LogP contribution in [0.1, 0.15) is 22.0 Å². The van der Waals surface area contributed by atoms with Crippen LogP contribution in [0.5, 0.6) is 11.5 Å². The van der Waals surface area contributed by atoms with E-state index in [1.807, 2.05) is 32.2 Å². The Hall–Kier alpha value is -1.23. The summed E-state index contributed by atoms with van der Waals surface area (Å²) in [4.78, 5) is 1.15. The van der Waals surface area contributed by atoms with Crippen LogP contribution in [0.25, 0.3) is 0 Å². The van der Waals surface area contributed by atoms with Gasteiger partial charge in [0.25, 0.3) is 0 Å². The second kappa shape index (κ2) is 6.48. The lowest BCUT2D eigenvalue weighted by Gasteiger charge is -2.19. The fourth-order valence-electron chi connectivity index (χ4n) is 2.14. The molecule has 0 bridgehead atoms. The molecule has 0 aliphatic heterocycles. The maximum atomic E-state index is 6.18. The molecule has 2 aromatic rings. The Balaban J connectivity index is 2.50. The summed E-state index contributed by atoms with van der Waals surface area (Å²) in [6.45, 7) is 2.01. The summed E-state index contributed by atoms with van der Waals surface area (Å²) in [6, 6.07) is 7.93. The number of aryl methyl sites for hydroxylation is 1. The van der Waals surface area contributed by atoms with E-state index in [1.165, 1.54) is 0 Å². The molecule has 0 aliphatic carbocycles. The number of thiophene rings is 1. The van der Waals surface area contributed by atoms with Crippen molar-refractivity contribution in [1.29, 1.82) is 0 Å². The van der Waals surface area contributed by atoms with Crippen LogP contribution < -0.4 is 14.8 Å². The molecule has 0 fully saturated rings. The summed E-state index contributed by atoms with van der Waals surface area (Å²) in [5.41, 5.74) is 2.13. The normalized spacial score (nSPS) is 12.2. The van der Waals surface area contributed by atoms with Crippen molar-refractivity contribution in [2.24, 2.45) is 0 Å². The quantitative estimate of drug-likeness (QED) is 0.904. The molecule has 1 aromatic carbocycles. The van der Waals surface area contributed by atoms with Crippen LogP contribution in [-0.4, -0.2) is 21.3 Å². The Morgan fingerprint density at radius 3 is 2.45 bits per heavy atom. The smallest absolute Gasteiger partial charge is 0.124 e. The molecule has 0 saturated heterocycles. The molecule has 1 N–H and O–H groups in total. The van der Waals surface area contributed by atoms with Crippen LogP contribution in [0.3, 0.4) is 0 Å². The van der Waals surface area contributed by atoms with Crippen molar-refractivity contribution in [3.05, 3.63) is 44.6 Å². The number of methoxy groups -OCH3 is 2. The van der Waals surface area contributed by atoms with Crippen molar-refractivity contribution >= 4 is 22.9 Å². The molecule has 0 spiro atoms. The van der Waals surface area contributed by atoms with E-state index < -0.39 is 0 Å². The van der Waals surface area contributed by atoms with E-state index in [1.54, 1.807) is 25.6 Å². The van der Waals surface area contributed by atoms with E-state index in [9.17, 15) is 0 Å². The highest BCUT2D eigenvalue weighted by Gasteiger charge is 2.20. The summed E-state index contributed by atoms with van der Waals surface area (Å²) >= 11 is 7.77. The molecule has 108 valence electrons. The number of benzene rings is 1. The fourth-order valence-corrected chi connectivity index (χ4v) is 3.49. The molecule has 0 amide bonds. The highest BCUT2D eigenvalue weighted by Crippen LogP contribution is 2.38. The summed E-state index contributed by atoms with van der Waals surface area (Å²) in [6.07, 6.45) is 0. The van der Waals surface area contributed by atoms with Gasteiger partial charge in [0.2, 0.25) is 0 Å². The Labute approximate surface area is 128 Å². The number of hydrogen-bond acceptors (Lipinski definition) is 4. The first-order valence-corrected chi connectivity index (χ1v) is 7.45. The van der Waals surface area contributed by atoms with Crippen LogP contribution >= 0.6 is 22.9 Å². The average molecular weight is 312 g/mol. The van der Waals surface area contributed by atoms with Gasteiger partial charge in [-0.2, -0.15) is 0 Å². The molecular formula is C15H18ClNO2S. The lowest BCUT2D eigenvalue weighted by atomic mass is 10.0. The summed E-state index contributed by atoms with van der Waals surface area (Å²) in [7, 11) is 5.25. The SMILES string of the molecule is CNC(c1cc(C)c(Cl)s1)c1cc(OC)ccc1OC. The van der Waals surface area contributed by atoms with E-state index in [0.717, 1.165) is 31.8 Å². The van der Waals surface area contributed by atoms with Gasteiger partial charge in [-0.1, -0.05) is 11.6 Å². The molecule has 5 heteroatoms. The first kappa shape index (κ1) is 15.2. The van der Waals surface area contributed by atoms with Crippen molar-refractivity contribution in [2.75, 3.05) is 21.3 Å². The molecule has 0 aliphatic rings. The Morgan fingerprint density at radius 2 is 1.95 bits per heavy atom. The van der Waals surface area contributed by atoms with Crippen molar-refractivity contribution in [3.63, 3.8) is 0 Å². The first-order valence-electron chi connectivity index (χ1n) is 6.25. The van der Waals surface area contributed by atoms with Crippen molar-refractivity contribution in [3.8, 4) is 11.5 Å². The van der Waals surface area contributed by atoms with Gasteiger partial charge in [0.1, 0.15) is 11.5 Å². The van der Waals surface area contributed by atoms with Gasteiger partial charge < -0.3 is 14.8 Å². The lowest BCUT2D eigenvalue weighted by Crippen LogP contribution is -2.17. The van der Waals surface area contributed by atoms with Gasteiger partial charge in [0, 0.05) is 10.4 Å². The van der Waals surface area contributed by atoms with E-state index in [-0.39, 0.29) is 6.04 Å². The largest absolute Gasteiger partial charge is 0.497 e. The monoisotopic (exact) mass is 311 g/mol. The predicted molar refractivity (Wildman–Crippen MR) is 84.5 cm³/mol. The number of halogens is 1. The second-order valence-electron chi connectivity index (χ2n) is 4.44. The minimum atomic E-state index is 0.0243. The van der Waals surface area contributed by atoms with Crippen molar-refractivity contribution < 1.29 is 9.47 Å². The van der Waals surface area contributed by atoms with Crippen LogP contribution in [-0.2, 0) is 0 Å². The zero-order chi connectivity index (χ0) is 14.7. The maximum Gasteiger partial charge on any atom is 0.124 e. The highest BCUT2D eigenvalue weighted by atomic mass is 35.5. The van der Waals surface area contributed by atoms with Gasteiger partial charge in [-0.05, 0) is 43.8 Å². The highest BCUT2D eigenvalue weighted by molar-refractivity contribution is 7.16. The molecule has 2 rings (SSSR count). The first-order chi connectivity index (χ1) is 9.60. The zero-order valence-corrected chi connectivity index (χ0v) is 13.6. The van der Waals surface area contributed by atoms with Crippen LogP contribution in [0.4, 0.5) is 0 Å². The zero-order valence-electron chi connectivity index (χ0n) is 12.0. The molecule has 0 saturated carbocycles. The third-order valence-corrected chi connectivity index (χ3v) is 4.82. The molecule has 1 heterocycles. The predicted octanol–water partition coefficient (Wildman–Crippen LogP) is 4.04. The standard InChI is InChI=1S/C15H18ClNO2S/c1-9-7-13(20-15(9)16)14(17-2)11-8-10(18-3)5-6-12(11)19-4/h5-8,14,17H,1-4H3. The third-order valence-electron chi connectivity index (χ3n) is 3.20. The maximum absolute atomic E-state index is 6.18. The number of nitrogens with one attached hydrogen (secondary N) is 1. The number of rotatable bonds is 5. The molecular weight excluding hydrogens is 294 g/mol. The Morgan fingerprint density at radius 1 is 1.20 bits per heavy atom. The minimum Gasteiger partial charge on any atom is -0.497 e. The topological polar surface area (TPSA) is 30.5 Å². The van der Waals surface area contributed by atoms with Crippen LogP contribution in [0, 0.1) is 6.92 Å². The van der Waals surface area contributed by atoms with Crippen LogP contribution in [0.15, 0.2) is 24.3 Å². The Bertz CT molecular complexity index is 578. The number of hydrogen-bond donors (Lipinski definition) is 1. The molecule has 20 heavy (non-hydrogen) atoms. The van der Waals surface area contributed by atoms with Gasteiger partial charge in [-0.25, -0.2) is 0 Å². The average Bonchev–Trinajstić information content (AvgIpc) is 2.79. The van der Waals surface area contributed by atoms with Gasteiger partial charge in [-0.15, -0.1) is 11.3 Å². The van der Waals surface area contributed by atoms with Gasteiger partial charge in [0.05, 0.1) is 24.6 Å². The van der Waals surface area contributed by atoms with E-state index in [4.69, 9.17) is 21.1 Å². The summed E-state index contributed by atoms with van der Waals surface area (Å²) in [5, 5.41) is 3.32. The summed E-state index contributed by atoms with van der Waals surface area (Å²) < 4.78 is 11.6. The van der Waals surface area contributed by atoms with Gasteiger partial charge >= 0.3 is 0 Å². The molecule has 1 aromatic heterocycles. The lowest BCUT2D eigenvalue weighted by molar-refractivity contribution is 0.395. The molecule has 1 atom stereocenters. The van der Waals surface area contributed by atoms with Crippen LogP contribution in [0.2, 0.25) is 4.34 Å². The van der Waals surface area contributed by atoms with Crippen molar-refractivity contribution in [2.45, 2.75) is 13.0 Å². The molecule has 0 radical (unpaired) electrons.